The summed E-state index contributed by atoms with van der Waals surface area (Å²) in [4.78, 5) is 11.7. The van der Waals surface area contributed by atoms with Gasteiger partial charge in [0, 0.05) is 19.3 Å². The molecule has 108 valence electrons. The van der Waals surface area contributed by atoms with Gasteiger partial charge in [-0.1, -0.05) is 34.1 Å². The lowest BCUT2D eigenvalue weighted by Crippen LogP contribution is -2.25. The van der Waals surface area contributed by atoms with Gasteiger partial charge in [-0.3, -0.25) is 4.79 Å². The van der Waals surface area contributed by atoms with Crippen LogP contribution in [0.15, 0.2) is 58.1 Å². The van der Waals surface area contributed by atoms with Crippen LogP contribution >= 0.6 is 38.5 Å². The molecule has 0 aliphatic heterocycles. The Morgan fingerprint density at radius 1 is 1.19 bits per heavy atom. The number of benzene rings is 2. The summed E-state index contributed by atoms with van der Waals surface area (Å²) in [7, 11) is 0. The number of hydrazone groups is 1. The third-order valence-corrected chi connectivity index (χ3v) is 4.11. The monoisotopic (exact) mass is 457 g/mol. The molecule has 0 radical (unpaired) electrons. The van der Waals surface area contributed by atoms with Gasteiger partial charge in [0.25, 0.3) is 5.91 Å². The minimum absolute atomic E-state index is 0.171. The predicted molar refractivity (Wildman–Crippen MR) is 97.5 cm³/mol. The van der Waals surface area contributed by atoms with E-state index in [2.05, 4.69) is 54.4 Å². The molecule has 0 unspecified atom stereocenters. The highest BCUT2D eigenvalue weighted by atomic mass is 127. The average Bonchev–Trinajstić information content (AvgIpc) is 2.49. The van der Waals surface area contributed by atoms with Crippen molar-refractivity contribution in [3.05, 3.63) is 62.1 Å². The van der Waals surface area contributed by atoms with Gasteiger partial charge in [0.15, 0.2) is 0 Å². The van der Waals surface area contributed by atoms with E-state index in [4.69, 9.17) is 0 Å². The van der Waals surface area contributed by atoms with Crippen LogP contribution in [0.2, 0.25) is 0 Å². The zero-order valence-corrected chi connectivity index (χ0v) is 14.8. The highest BCUT2D eigenvalue weighted by Gasteiger charge is 1.99. The molecule has 2 aromatic rings. The summed E-state index contributed by atoms with van der Waals surface area (Å²) in [5.41, 5.74) is 4.35. The predicted octanol–water partition coefficient (Wildman–Crippen LogP) is 3.62. The van der Waals surface area contributed by atoms with E-state index in [-0.39, 0.29) is 12.5 Å². The topological polar surface area (TPSA) is 53.5 Å². The lowest BCUT2D eigenvalue weighted by atomic mass is 10.2. The van der Waals surface area contributed by atoms with Crippen molar-refractivity contribution in [2.75, 3.05) is 11.9 Å². The number of carbonyl (C=O) groups excluding carboxylic acids is 1. The number of rotatable bonds is 5. The molecule has 21 heavy (non-hydrogen) atoms. The average molecular weight is 458 g/mol. The van der Waals surface area contributed by atoms with Crippen LogP contribution in [0, 0.1) is 3.57 Å². The fourth-order valence-corrected chi connectivity index (χ4v) is 2.33. The van der Waals surface area contributed by atoms with E-state index in [1.807, 2.05) is 48.5 Å². The smallest absolute Gasteiger partial charge is 0.259 e. The number of anilines is 1. The van der Waals surface area contributed by atoms with Crippen molar-refractivity contribution in [1.82, 2.24) is 5.43 Å². The van der Waals surface area contributed by atoms with Crippen molar-refractivity contribution in [1.29, 1.82) is 0 Å². The maximum Gasteiger partial charge on any atom is 0.259 e. The Morgan fingerprint density at radius 2 is 1.90 bits per heavy atom. The van der Waals surface area contributed by atoms with E-state index in [9.17, 15) is 4.79 Å². The Balaban J connectivity index is 1.80. The van der Waals surface area contributed by atoms with Crippen molar-refractivity contribution in [3.8, 4) is 0 Å². The number of carbonyl (C=O) groups is 1. The van der Waals surface area contributed by atoms with Gasteiger partial charge in [-0.15, -0.1) is 0 Å². The van der Waals surface area contributed by atoms with E-state index in [0.29, 0.717) is 0 Å². The van der Waals surface area contributed by atoms with Crippen LogP contribution in [-0.4, -0.2) is 18.7 Å². The normalized spacial score (nSPS) is 10.6. The largest absolute Gasteiger partial charge is 0.376 e. The fraction of sp³-hybridized carbons (Fsp3) is 0.0667. The number of hydrogen-bond acceptors (Lipinski definition) is 3. The van der Waals surface area contributed by atoms with Gasteiger partial charge in [-0.25, -0.2) is 5.43 Å². The van der Waals surface area contributed by atoms with Crippen LogP contribution in [0.4, 0.5) is 5.69 Å². The molecule has 0 heterocycles. The quantitative estimate of drug-likeness (QED) is 0.409. The molecular formula is C15H13BrIN3O. The lowest BCUT2D eigenvalue weighted by Gasteiger charge is -2.05. The Bertz CT molecular complexity index is 644. The van der Waals surface area contributed by atoms with Crippen LogP contribution < -0.4 is 10.7 Å². The van der Waals surface area contributed by atoms with Gasteiger partial charge >= 0.3 is 0 Å². The summed E-state index contributed by atoms with van der Waals surface area (Å²) in [6, 6.07) is 15.4. The second kappa shape index (κ2) is 8.14. The van der Waals surface area contributed by atoms with Crippen LogP contribution in [0.3, 0.4) is 0 Å². The molecule has 2 aromatic carbocycles. The van der Waals surface area contributed by atoms with Gasteiger partial charge in [0.1, 0.15) is 0 Å². The maximum atomic E-state index is 11.7. The van der Waals surface area contributed by atoms with Gasteiger partial charge in [-0.05, 0) is 52.9 Å². The molecule has 1 amide bonds. The van der Waals surface area contributed by atoms with Gasteiger partial charge in [-0.2, -0.15) is 5.10 Å². The van der Waals surface area contributed by atoms with E-state index < -0.39 is 0 Å². The number of hydrogen-bond donors (Lipinski definition) is 2. The van der Waals surface area contributed by atoms with Crippen molar-refractivity contribution in [2.24, 2.45) is 5.10 Å². The summed E-state index contributed by atoms with van der Waals surface area (Å²) >= 11 is 5.59. The Labute approximate surface area is 145 Å². The van der Waals surface area contributed by atoms with Crippen LogP contribution in [0.1, 0.15) is 5.56 Å². The molecular weight excluding hydrogens is 445 g/mol. The Morgan fingerprint density at radius 3 is 2.62 bits per heavy atom. The minimum Gasteiger partial charge on any atom is -0.376 e. The molecule has 0 saturated carbocycles. The molecule has 4 nitrogen and oxygen atoms in total. The Hall–Kier alpha value is -1.41. The first-order valence-electron chi connectivity index (χ1n) is 6.21. The number of halogens is 2. The maximum absolute atomic E-state index is 11.7. The number of amides is 1. The number of nitrogens with zero attached hydrogens (tertiary/aromatic N) is 1. The molecule has 2 rings (SSSR count). The molecule has 0 spiro atoms. The van der Waals surface area contributed by atoms with Crippen molar-refractivity contribution < 1.29 is 4.79 Å². The first-order chi connectivity index (χ1) is 10.1. The minimum atomic E-state index is -0.194. The Kier molecular flexibility index (Phi) is 6.19. The molecule has 0 aliphatic carbocycles. The van der Waals surface area contributed by atoms with E-state index >= 15 is 0 Å². The summed E-state index contributed by atoms with van der Waals surface area (Å²) in [5, 5.41) is 6.98. The molecule has 0 atom stereocenters. The second-order valence-electron chi connectivity index (χ2n) is 4.18. The highest BCUT2D eigenvalue weighted by Crippen LogP contribution is 2.13. The van der Waals surface area contributed by atoms with Gasteiger partial charge < -0.3 is 5.32 Å². The standard InChI is InChI=1S/C15H13BrIN3O/c16-12-5-7-13(8-6-12)18-10-15(21)20-19-9-11-3-1-2-4-14(11)17/h1-9,18H,10H2,(H,20,21)/b19-9-. The van der Waals surface area contributed by atoms with E-state index in [1.165, 1.54) is 0 Å². The SMILES string of the molecule is O=C(CNc1ccc(Br)cc1)N/N=C\c1ccccc1I. The fourth-order valence-electron chi connectivity index (χ4n) is 1.54. The molecule has 0 fully saturated rings. The second-order valence-corrected chi connectivity index (χ2v) is 6.25. The lowest BCUT2D eigenvalue weighted by molar-refractivity contribution is -0.119. The van der Waals surface area contributed by atoms with Crippen LogP contribution in [0.5, 0.6) is 0 Å². The van der Waals surface area contributed by atoms with Gasteiger partial charge in [0.05, 0.1) is 12.8 Å². The van der Waals surface area contributed by atoms with E-state index in [1.54, 1.807) is 6.21 Å². The summed E-state index contributed by atoms with van der Waals surface area (Å²) in [6.45, 7) is 0.171. The molecule has 0 aliphatic rings. The zero-order chi connectivity index (χ0) is 15.1. The van der Waals surface area contributed by atoms with Crippen molar-refractivity contribution in [2.45, 2.75) is 0 Å². The third-order valence-electron chi connectivity index (χ3n) is 2.60. The molecule has 0 saturated heterocycles. The molecule has 6 heteroatoms. The first kappa shape index (κ1) is 16.0. The van der Waals surface area contributed by atoms with Crippen molar-refractivity contribution >= 4 is 56.3 Å². The first-order valence-corrected chi connectivity index (χ1v) is 8.08. The van der Waals surface area contributed by atoms with Crippen LogP contribution in [0.25, 0.3) is 0 Å². The molecule has 0 aromatic heterocycles. The van der Waals surface area contributed by atoms with Crippen LogP contribution in [-0.2, 0) is 4.79 Å². The van der Waals surface area contributed by atoms with Gasteiger partial charge in [0.2, 0.25) is 0 Å². The summed E-state index contributed by atoms with van der Waals surface area (Å²) in [6.07, 6.45) is 1.64. The van der Waals surface area contributed by atoms with E-state index in [0.717, 1.165) is 19.3 Å². The summed E-state index contributed by atoms with van der Waals surface area (Å²) in [5.74, 6) is -0.194. The zero-order valence-electron chi connectivity index (χ0n) is 11.0. The third kappa shape index (κ3) is 5.47. The molecule has 2 N–H and O–H groups in total. The summed E-state index contributed by atoms with van der Waals surface area (Å²) < 4.78 is 2.08. The molecule has 0 bridgehead atoms. The van der Waals surface area contributed by atoms with Crippen molar-refractivity contribution in [3.63, 3.8) is 0 Å². The number of nitrogens with one attached hydrogen (secondary N) is 2. The highest BCUT2D eigenvalue weighted by molar-refractivity contribution is 14.1.